The summed E-state index contributed by atoms with van der Waals surface area (Å²) in [6.45, 7) is 17.0. The molecule has 0 amide bonds. The van der Waals surface area contributed by atoms with Crippen molar-refractivity contribution in [3.63, 3.8) is 0 Å². The second-order valence-corrected chi connectivity index (χ2v) is 8.55. The first-order valence-corrected chi connectivity index (χ1v) is 11.4. The zero-order valence-corrected chi connectivity index (χ0v) is 20.7. The van der Waals surface area contributed by atoms with Gasteiger partial charge in [-0.05, 0) is 45.1 Å². The first-order valence-electron chi connectivity index (χ1n) is 11.4. The maximum absolute atomic E-state index is 11.5. The predicted molar refractivity (Wildman–Crippen MR) is 132 cm³/mol. The van der Waals surface area contributed by atoms with E-state index < -0.39 is 11.4 Å². The minimum atomic E-state index is -0.774. The van der Waals surface area contributed by atoms with Gasteiger partial charge in [-0.15, -0.1) is 0 Å². The minimum absolute atomic E-state index is 0.522. The SMILES string of the molecule is C=C(/C=C\C1=COc2ccc(C)cc2C(N2CCN(CC(C)(C)C(=O)O)CC2)=N1)OC.CC. The minimum Gasteiger partial charge on any atom is -0.497 e. The van der Waals surface area contributed by atoms with Gasteiger partial charge in [0, 0.05) is 32.7 Å². The van der Waals surface area contributed by atoms with Crippen LogP contribution >= 0.6 is 0 Å². The fraction of sp³-hybridized carbons (Fsp3) is 0.462. The summed E-state index contributed by atoms with van der Waals surface area (Å²) in [6, 6.07) is 6.07. The van der Waals surface area contributed by atoms with Crippen molar-refractivity contribution in [3.8, 4) is 5.75 Å². The van der Waals surface area contributed by atoms with Gasteiger partial charge in [-0.1, -0.05) is 32.1 Å². The van der Waals surface area contributed by atoms with E-state index in [9.17, 15) is 9.90 Å². The maximum atomic E-state index is 11.5. The molecule has 0 aliphatic carbocycles. The number of hydrogen-bond donors (Lipinski definition) is 1. The van der Waals surface area contributed by atoms with Gasteiger partial charge in [0.1, 0.15) is 29.3 Å². The maximum Gasteiger partial charge on any atom is 0.310 e. The van der Waals surface area contributed by atoms with Crippen LogP contribution in [0.2, 0.25) is 0 Å². The topological polar surface area (TPSA) is 74.6 Å². The van der Waals surface area contributed by atoms with Crippen LogP contribution in [0.3, 0.4) is 0 Å². The molecule has 0 saturated carbocycles. The summed E-state index contributed by atoms with van der Waals surface area (Å²) in [5.41, 5.74) is 1.97. The van der Waals surface area contributed by atoms with Crippen LogP contribution in [0.15, 0.2) is 59.6 Å². The Bertz CT molecular complexity index is 939. The number of rotatable bonds is 6. The number of aliphatic carboxylic acids is 1. The van der Waals surface area contributed by atoms with Crippen molar-refractivity contribution in [2.45, 2.75) is 34.6 Å². The highest BCUT2D eigenvalue weighted by molar-refractivity contribution is 6.02. The number of ether oxygens (including phenoxy) is 2. The van der Waals surface area contributed by atoms with Crippen LogP contribution in [0.1, 0.15) is 38.8 Å². The van der Waals surface area contributed by atoms with E-state index in [0.29, 0.717) is 18.0 Å². The molecular formula is C26H37N3O4. The average molecular weight is 456 g/mol. The van der Waals surface area contributed by atoms with Crippen LogP contribution in [-0.2, 0) is 9.53 Å². The summed E-state index contributed by atoms with van der Waals surface area (Å²) in [5.74, 6) is 1.37. The van der Waals surface area contributed by atoms with Crippen molar-refractivity contribution in [1.29, 1.82) is 0 Å². The smallest absolute Gasteiger partial charge is 0.310 e. The van der Waals surface area contributed by atoms with Gasteiger partial charge < -0.3 is 19.5 Å². The lowest BCUT2D eigenvalue weighted by Gasteiger charge is -2.39. The molecule has 2 aliphatic heterocycles. The lowest BCUT2D eigenvalue weighted by Crippen LogP contribution is -2.52. The summed E-state index contributed by atoms with van der Waals surface area (Å²) < 4.78 is 11.0. The van der Waals surface area contributed by atoms with Crippen molar-refractivity contribution in [2.24, 2.45) is 10.4 Å². The summed E-state index contributed by atoms with van der Waals surface area (Å²) >= 11 is 0. The van der Waals surface area contributed by atoms with E-state index in [1.54, 1.807) is 33.3 Å². The van der Waals surface area contributed by atoms with Gasteiger partial charge in [-0.3, -0.25) is 9.69 Å². The number of aryl methyl sites for hydroxylation is 1. The van der Waals surface area contributed by atoms with E-state index in [-0.39, 0.29) is 0 Å². The molecule has 0 radical (unpaired) electrons. The molecule has 2 heterocycles. The second kappa shape index (κ2) is 11.7. The van der Waals surface area contributed by atoms with Gasteiger partial charge in [0.2, 0.25) is 0 Å². The highest BCUT2D eigenvalue weighted by Crippen LogP contribution is 2.28. The molecule has 0 unspecified atom stereocenters. The second-order valence-electron chi connectivity index (χ2n) is 8.55. The van der Waals surface area contributed by atoms with Gasteiger partial charge in [0.15, 0.2) is 0 Å². The summed E-state index contributed by atoms with van der Waals surface area (Å²) in [4.78, 5) is 20.8. The molecule has 0 bridgehead atoms. The van der Waals surface area contributed by atoms with Gasteiger partial charge in [-0.2, -0.15) is 0 Å². The molecule has 0 atom stereocenters. The third-order valence-electron chi connectivity index (χ3n) is 5.49. The first kappa shape index (κ1) is 26.2. The van der Waals surface area contributed by atoms with Crippen molar-refractivity contribution < 1.29 is 19.4 Å². The number of carboxylic acids is 1. The molecule has 7 nitrogen and oxygen atoms in total. The quantitative estimate of drug-likeness (QED) is 0.505. The van der Waals surface area contributed by atoms with Crippen LogP contribution in [0, 0.1) is 12.3 Å². The van der Waals surface area contributed by atoms with Gasteiger partial charge in [-0.25, -0.2) is 4.99 Å². The Labute approximate surface area is 197 Å². The molecule has 1 aromatic carbocycles. The number of carboxylic acid groups (broad SMARTS) is 1. The summed E-state index contributed by atoms with van der Waals surface area (Å²) in [5, 5.41) is 9.43. The molecule has 1 N–H and O–H groups in total. The highest BCUT2D eigenvalue weighted by Gasteiger charge is 2.32. The number of carbonyl (C=O) groups is 1. The molecule has 180 valence electrons. The Balaban J connectivity index is 0.00000187. The largest absolute Gasteiger partial charge is 0.497 e. The Morgan fingerprint density at radius 1 is 1.27 bits per heavy atom. The summed E-state index contributed by atoms with van der Waals surface area (Å²) in [6.07, 6.45) is 5.20. The number of benzene rings is 1. The number of methoxy groups -OCH3 is 1. The number of allylic oxidation sites excluding steroid dienone is 2. The normalized spacial score (nSPS) is 16.5. The average Bonchev–Trinajstić information content (AvgIpc) is 2.98. The Morgan fingerprint density at radius 3 is 2.55 bits per heavy atom. The molecule has 0 spiro atoms. The molecule has 1 aromatic rings. The molecule has 1 saturated heterocycles. The summed E-state index contributed by atoms with van der Waals surface area (Å²) in [7, 11) is 1.57. The standard InChI is InChI=1S/C24H31N3O4.C2H6/c1-17-6-9-21-20(14-17)22(25-19(15-31-21)8-7-18(2)30-5)27-12-10-26(11-13-27)16-24(3,4)23(28)29;1-2/h6-9,14-15H,2,10-13,16H2,1,3-5H3,(H,28,29);1-2H3/b8-7-;. The third-order valence-corrected chi connectivity index (χ3v) is 5.49. The zero-order chi connectivity index (χ0) is 24.6. The monoisotopic (exact) mass is 455 g/mol. The highest BCUT2D eigenvalue weighted by atomic mass is 16.5. The fourth-order valence-electron chi connectivity index (χ4n) is 3.56. The van der Waals surface area contributed by atoms with E-state index in [1.165, 1.54) is 0 Å². The Hall–Kier alpha value is -3.06. The first-order chi connectivity index (χ1) is 15.7. The number of nitrogens with zero attached hydrogens (tertiary/aromatic N) is 3. The Kier molecular flexibility index (Phi) is 9.29. The number of piperazine rings is 1. The Morgan fingerprint density at radius 2 is 1.94 bits per heavy atom. The fourth-order valence-corrected chi connectivity index (χ4v) is 3.56. The van der Waals surface area contributed by atoms with Crippen LogP contribution in [0.4, 0.5) is 0 Å². The van der Waals surface area contributed by atoms with Crippen molar-refractivity contribution in [2.75, 3.05) is 39.8 Å². The van der Waals surface area contributed by atoms with Crippen LogP contribution in [-0.4, -0.2) is 66.5 Å². The molecular weight excluding hydrogens is 418 g/mol. The van der Waals surface area contributed by atoms with Crippen LogP contribution in [0.25, 0.3) is 0 Å². The van der Waals surface area contributed by atoms with Crippen LogP contribution in [0.5, 0.6) is 5.75 Å². The zero-order valence-electron chi connectivity index (χ0n) is 20.7. The molecule has 7 heteroatoms. The number of amidine groups is 1. The van der Waals surface area contributed by atoms with Crippen molar-refractivity contribution >= 4 is 11.8 Å². The van der Waals surface area contributed by atoms with Gasteiger partial charge in [0.05, 0.1) is 18.1 Å². The van der Waals surface area contributed by atoms with E-state index >= 15 is 0 Å². The third kappa shape index (κ3) is 6.96. The molecule has 33 heavy (non-hydrogen) atoms. The number of fused-ring (bicyclic) bond motifs is 1. The lowest BCUT2D eigenvalue weighted by molar-refractivity contribution is -0.148. The number of aliphatic imine (C=N–C) groups is 1. The van der Waals surface area contributed by atoms with E-state index in [0.717, 1.165) is 48.9 Å². The van der Waals surface area contributed by atoms with Gasteiger partial charge >= 0.3 is 5.97 Å². The molecule has 1 fully saturated rings. The van der Waals surface area contributed by atoms with Gasteiger partial charge in [0.25, 0.3) is 0 Å². The van der Waals surface area contributed by atoms with E-state index in [1.807, 2.05) is 39.0 Å². The molecule has 0 aromatic heterocycles. The van der Waals surface area contributed by atoms with Crippen molar-refractivity contribution in [3.05, 3.63) is 65.8 Å². The number of hydrogen-bond acceptors (Lipinski definition) is 6. The molecule has 2 aliphatic rings. The van der Waals surface area contributed by atoms with Crippen molar-refractivity contribution in [1.82, 2.24) is 9.80 Å². The van der Waals surface area contributed by atoms with E-state index in [4.69, 9.17) is 14.5 Å². The van der Waals surface area contributed by atoms with E-state index in [2.05, 4.69) is 22.4 Å². The predicted octanol–water partition coefficient (Wildman–Crippen LogP) is 4.45. The lowest BCUT2D eigenvalue weighted by atomic mass is 9.93. The van der Waals surface area contributed by atoms with Crippen LogP contribution < -0.4 is 4.74 Å². The molecule has 3 rings (SSSR count).